The molecule has 1 rings (SSSR count). The minimum atomic E-state index is -0.675. The van der Waals surface area contributed by atoms with Gasteiger partial charge in [-0.1, -0.05) is 11.6 Å². The highest BCUT2D eigenvalue weighted by molar-refractivity contribution is 6.54. The first kappa shape index (κ1) is 8.75. The van der Waals surface area contributed by atoms with Crippen LogP contribution in [0.1, 0.15) is 13.8 Å². The van der Waals surface area contributed by atoms with E-state index in [2.05, 4.69) is 4.99 Å². The minimum Gasteiger partial charge on any atom is -0.291 e. The summed E-state index contributed by atoms with van der Waals surface area (Å²) in [4.78, 5) is 15.2. The van der Waals surface area contributed by atoms with E-state index in [0.717, 1.165) is 0 Å². The van der Waals surface area contributed by atoms with E-state index in [-0.39, 0.29) is 10.8 Å². The lowest BCUT2D eigenvalue weighted by Gasteiger charge is -2.13. The largest absolute Gasteiger partial charge is 0.291 e. The summed E-state index contributed by atoms with van der Waals surface area (Å²) in [5.41, 5.74) is 1.16. The maximum absolute atomic E-state index is 11.1. The van der Waals surface area contributed by atoms with Crippen LogP contribution in [-0.4, -0.2) is 16.9 Å². The summed E-state index contributed by atoms with van der Waals surface area (Å²) in [6, 6.07) is 0. The smallest absolute Gasteiger partial charge is 0.199 e. The molecule has 11 heavy (non-hydrogen) atoms. The molecule has 60 valence electrons. The van der Waals surface area contributed by atoms with Gasteiger partial charge in [-0.3, -0.25) is 9.79 Å². The van der Waals surface area contributed by atoms with Gasteiger partial charge in [0.1, 0.15) is 10.4 Å². The van der Waals surface area contributed by atoms with Crippen molar-refractivity contribution in [1.82, 2.24) is 0 Å². The van der Waals surface area contributed by atoms with Crippen molar-refractivity contribution in [2.45, 2.75) is 19.2 Å². The third-order valence-electron chi connectivity index (χ3n) is 1.48. The average molecular weight is 192 g/mol. The molecule has 0 aromatic carbocycles. The topological polar surface area (TPSA) is 29.4 Å². The van der Waals surface area contributed by atoms with Crippen LogP contribution in [0.3, 0.4) is 0 Å². The zero-order valence-electron chi connectivity index (χ0n) is 6.19. The Labute approximate surface area is 74.9 Å². The molecule has 0 unspecified atom stereocenters. The van der Waals surface area contributed by atoms with E-state index in [9.17, 15) is 4.79 Å². The Morgan fingerprint density at radius 1 is 1.45 bits per heavy atom. The number of allylic oxidation sites excluding steroid dienone is 2. The number of hydrogen-bond donors (Lipinski definition) is 0. The molecule has 0 radical (unpaired) electrons. The second kappa shape index (κ2) is 2.95. The molecule has 0 fully saturated rings. The number of carbonyl (C=O) groups is 1. The quantitative estimate of drug-likeness (QED) is 0.540. The number of carbonyl (C=O) groups excluding carboxylic acids is 1. The van der Waals surface area contributed by atoms with E-state index in [0.29, 0.717) is 11.4 Å². The molecule has 0 aromatic rings. The second-order valence-electron chi connectivity index (χ2n) is 2.38. The standard InChI is InChI=1S/C7H7Cl2NO/c1-3-5(8)7(11)6(9)4(2)10-3/h5H,1-2H3/t5-/m0/s1. The second-order valence-corrected chi connectivity index (χ2v) is 3.19. The summed E-state index contributed by atoms with van der Waals surface area (Å²) in [5, 5.41) is -0.526. The highest BCUT2D eigenvalue weighted by Crippen LogP contribution is 2.22. The number of aliphatic imine (C=N–C) groups is 1. The van der Waals surface area contributed by atoms with Crippen molar-refractivity contribution >= 4 is 34.7 Å². The first-order valence-electron chi connectivity index (χ1n) is 3.14. The van der Waals surface area contributed by atoms with Gasteiger partial charge in [0.15, 0.2) is 5.78 Å². The van der Waals surface area contributed by atoms with Gasteiger partial charge in [-0.2, -0.15) is 0 Å². The Morgan fingerprint density at radius 2 is 2.00 bits per heavy atom. The van der Waals surface area contributed by atoms with Crippen LogP contribution in [0.25, 0.3) is 0 Å². The van der Waals surface area contributed by atoms with Crippen LogP contribution in [-0.2, 0) is 4.79 Å². The number of ketones is 1. The highest BCUT2D eigenvalue weighted by Gasteiger charge is 2.26. The van der Waals surface area contributed by atoms with Gasteiger partial charge in [0.2, 0.25) is 0 Å². The normalized spacial score (nSPS) is 25.6. The molecular weight excluding hydrogens is 185 g/mol. The zero-order valence-corrected chi connectivity index (χ0v) is 7.70. The van der Waals surface area contributed by atoms with Crippen molar-refractivity contribution in [3.63, 3.8) is 0 Å². The van der Waals surface area contributed by atoms with Crippen LogP contribution in [0.4, 0.5) is 0 Å². The maximum Gasteiger partial charge on any atom is 0.199 e. The van der Waals surface area contributed by atoms with Gasteiger partial charge in [0.05, 0.1) is 5.70 Å². The van der Waals surface area contributed by atoms with E-state index in [1.54, 1.807) is 13.8 Å². The number of rotatable bonds is 0. The van der Waals surface area contributed by atoms with Crippen LogP contribution < -0.4 is 0 Å². The summed E-state index contributed by atoms with van der Waals surface area (Å²) in [6.07, 6.45) is 0. The predicted octanol–water partition coefficient (Wildman–Crippen LogP) is 2.11. The first-order chi connectivity index (χ1) is 5.04. The molecule has 0 aliphatic carbocycles. The molecule has 0 bridgehead atoms. The average Bonchev–Trinajstić information content (AvgIpc) is 1.97. The fraction of sp³-hybridized carbons (Fsp3) is 0.429. The molecule has 0 amide bonds. The van der Waals surface area contributed by atoms with E-state index in [1.165, 1.54) is 0 Å². The highest BCUT2D eigenvalue weighted by atomic mass is 35.5. The Balaban J connectivity index is 3.11. The molecule has 0 saturated carbocycles. The summed E-state index contributed by atoms with van der Waals surface area (Å²) in [7, 11) is 0. The van der Waals surface area contributed by atoms with Crippen molar-refractivity contribution < 1.29 is 4.79 Å². The van der Waals surface area contributed by atoms with Gasteiger partial charge < -0.3 is 0 Å². The molecule has 0 spiro atoms. The third kappa shape index (κ3) is 1.47. The number of alkyl halides is 1. The maximum atomic E-state index is 11.1. The monoisotopic (exact) mass is 191 g/mol. The van der Waals surface area contributed by atoms with Gasteiger partial charge in [-0.25, -0.2) is 0 Å². The van der Waals surface area contributed by atoms with E-state index >= 15 is 0 Å². The molecule has 1 atom stereocenters. The molecule has 1 heterocycles. The van der Waals surface area contributed by atoms with Gasteiger partial charge >= 0.3 is 0 Å². The lowest BCUT2D eigenvalue weighted by Crippen LogP contribution is -2.26. The van der Waals surface area contributed by atoms with Crippen molar-refractivity contribution in [2.75, 3.05) is 0 Å². The number of nitrogens with zero attached hydrogens (tertiary/aromatic N) is 1. The van der Waals surface area contributed by atoms with Gasteiger partial charge in [-0.15, -0.1) is 11.6 Å². The molecule has 1 aliphatic heterocycles. The molecule has 1 aliphatic rings. The molecule has 0 saturated heterocycles. The SMILES string of the molecule is CC1=NC(C)=C(Cl)C(=O)[C@H]1Cl. The van der Waals surface area contributed by atoms with Gasteiger partial charge in [0, 0.05) is 5.71 Å². The first-order valence-corrected chi connectivity index (χ1v) is 3.95. The summed E-state index contributed by atoms with van der Waals surface area (Å²) in [5.74, 6) is -0.252. The van der Waals surface area contributed by atoms with Crippen molar-refractivity contribution in [3.8, 4) is 0 Å². The van der Waals surface area contributed by atoms with Crippen molar-refractivity contribution in [1.29, 1.82) is 0 Å². The Kier molecular flexibility index (Phi) is 2.35. The summed E-state index contributed by atoms with van der Waals surface area (Å²) >= 11 is 11.3. The van der Waals surface area contributed by atoms with Crippen molar-refractivity contribution in [2.24, 2.45) is 4.99 Å². The van der Waals surface area contributed by atoms with Crippen LogP contribution in [0, 0.1) is 0 Å². The lowest BCUT2D eigenvalue weighted by atomic mass is 10.1. The van der Waals surface area contributed by atoms with E-state index in [1.807, 2.05) is 0 Å². The summed E-state index contributed by atoms with van der Waals surface area (Å²) < 4.78 is 0. The summed E-state index contributed by atoms with van der Waals surface area (Å²) in [6.45, 7) is 3.40. The molecule has 2 nitrogen and oxygen atoms in total. The molecule has 0 N–H and O–H groups in total. The fourth-order valence-electron chi connectivity index (χ4n) is 0.850. The third-order valence-corrected chi connectivity index (χ3v) is 2.45. The molecular formula is C7H7Cl2NO. The Bertz CT molecular complexity index is 266. The van der Waals surface area contributed by atoms with Crippen LogP contribution in [0.5, 0.6) is 0 Å². The van der Waals surface area contributed by atoms with Gasteiger partial charge in [0.25, 0.3) is 0 Å². The van der Waals surface area contributed by atoms with Crippen molar-refractivity contribution in [3.05, 3.63) is 10.7 Å². The minimum absolute atomic E-state index is 0.149. The lowest BCUT2D eigenvalue weighted by molar-refractivity contribution is -0.113. The van der Waals surface area contributed by atoms with Gasteiger partial charge in [-0.05, 0) is 13.8 Å². The van der Waals surface area contributed by atoms with E-state index in [4.69, 9.17) is 23.2 Å². The fourth-order valence-corrected chi connectivity index (χ4v) is 1.21. The number of hydrogen-bond acceptors (Lipinski definition) is 2. The van der Waals surface area contributed by atoms with Crippen LogP contribution in [0.15, 0.2) is 15.7 Å². The van der Waals surface area contributed by atoms with Crippen LogP contribution >= 0.6 is 23.2 Å². The Hall–Kier alpha value is -0.340. The van der Waals surface area contributed by atoms with E-state index < -0.39 is 5.38 Å². The van der Waals surface area contributed by atoms with Crippen LogP contribution in [0.2, 0.25) is 0 Å². The Morgan fingerprint density at radius 3 is 2.55 bits per heavy atom. The molecule has 4 heteroatoms. The zero-order chi connectivity index (χ0) is 8.59. The number of Topliss-reactive ketones (excluding diaryl/α,β-unsaturated/α-hetero) is 1. The predicted molar refractivity (Wildman–Crippen MR) is 46.3 cm³/mol. The number of halogens is 2. The molecule has 0 aromatic heterocycles.